The van der Waals surface area contributed by atoms with Crippen LogP contribution in [0.2, 0.25) is 0 Å². The fourth-order valence-corrected chi connectivity index (χ4v) is 4.16. The highest BCUT2D eigenvalue weighted by Crippen LogP contribution is 2.24. The normalized spacial score (nSPS) is 32.5. The molecule has 2 fully saturated rings. The van der Waals surface area contributed by atoms with E-state index in [1.54, 1.807) is 4.31 Å². The molecule has 1 saturated heterocycles. The Labute approximate surface area is 104 Å². The Hall–Kier alpha value is -0.170. The molecule has 0 bridgehead atoms. The molecule has 1 saturated carbocycles. The molecule has 17 heavy (non-hydrogen) atoms. The van der Waals surface area contributed by atoms with Crippen molar-refractivity contribution < 1.29 is 8.42 Å². The van der Waals surface area contributed by atoms with Gasteiger partial charge in [0.25, 0.3) is 10.2 Å². The SMILES string of the molecule is CC1CCCC(NS(=O)(=O)N2CCNCC2)C1. The molecule has 100 valence electrons. The van der Waals surface area contributed by atoms with Crippen molar-refractivity contribution in [1.29, 1.82) is 0 Å². The quantitative estimate of drug-likeness (QED) is 0.768. The molecule has 0 spiro atoms. The highest BCUT2D eigenvalue weighted by molar-refractivity contribution is 7.87. The molecule has 6 heteroatoms. The summed E-state index contributed by atoms with van der Waals surface area (Å²) in [6, 6.07) is 0.138. The van der Waals surface area contributed by atoms with Crippen LogP contribution in [-0.2, 0) is 10.2 Å². The lowest BCUT2D eigenvalue weighted by Crippen LogP contribution is -2.53. The van der Waals surface area contributed by atoms with Crippen LogP contribution in [-0.4, -0.2) is 44.9 Å². The van der Waals surface area contributed by atoms with Crippen LogP contribution >= 0.6 is 0 Å². The van der Waals surface area contributed by atoms with Crippen molar-refractivity contribution in [3.8, 4) is 0 Å². The lowest BCUT2D eigenvalue weighted by atomic mass is 9.88. The number of piperazine rings is 1. The lowest BCUT2D eigenvalue weighted by molar-refractivity contribution is 0.310. The van der Waals surface area contributed by atoms with E-state index in [2.05, 4.69) is 17.0 Å². The van der Waals surface area contributed by atoms with E-state index in [1.165, 1.54) is 6.42 Å². The largest absolute Gasteiger partial charge is 0.314 e. The van der Waals surface area contributed by atoms with E-state index in [1.807, 2.05) is 0 Å². The van der Waals surface area contributed by atoms with Crippen LogP contribution in [0.5, 0.6) is 0 Å². The second-order valence-corrected chi connectivity index (χ2v) is 6.94. The van der Waals surface area contributed by atoms with Gasteiger partial charge in [0, 0.05) is 32.2 Å². The van der Waals surface area contributed by atoms with Gasteiger partial charge >= 0.3 is 0 Å². The Morgan fingerprint density at radius 2 is 1.94 bits per heavy atom. The van der Waals surface area contributed by atoms with Gasteiger partial charge in [-0.05, 0) is 18.8 Å². The summed E-state index contributed by atoms with van der Waals surface area (Å²) in [5.41, 5.74) is 0. The standard InChI is InChI=1S/C11H23N3O2S/c1-10-3-2-4-11(9-10)13-17(15,16)14-7-5-12-6-8-14/h10-13H,2-9H2,1H3. The molecule has 5 nitrogen and oxygen atoms in total. The van der Waals surface area contributed by atoms with Gasteiger partial charge in [-0.3, -0.25) is 0 Å². The smallest absolute Gasteiger partial charge is 0.279 e. The predicted octanol–water partition coefficient (Wildman–Crippen LogP) is 0.305. The van der Waals surface area contributed by atoms with E-state index in [9.17, 15) is 8.42 Å². The average molecular weight is 261 g/mol. The van der Waals surface area contributed by atoms with Crippen LogP contribution in [0.4, 0.5) is 0 Å². The zero-order valence-electron chi connectivity index (χ0n) is 10.5. The monoisotopic (exact) mass is 261 g/mol. The maximum absolute atomic E-state index is 12.1. The van der Waals surface area contributed by atoms with E-state index >= 15 is 0 Å². The summed E-state index contributed by atoms with van der Waals surface area (Å²) < 4.78 is 28.7. The zero-order chi connectivity index (χ0) is 12.3. The second-order valence-electron chi connectivity index (χ2n) is 5.24. The van der Waals surface area contributed by atoms with Gasteiger partial charge in [0.15, 0.2) is 0 Å². The first kappa shape index (κ1) is 13.3. The first-order valence-corrected chi connectivity index (χ1v) is 8.00. The lowest BCUT2D eigenvalue weighted by Gasteiger charge is -2.32. The van der Waals surface area contributed by atoms with Crippen molar-refractivity contribution >= 4 is 10.2 Å². The molecule has 0 amide bonds. The molecule has 0 aromatic carbocycles. The third kappa shape index (κ3) is 3.64. The van der Waals surface area contributed by atoms with Gasteiger partial charge in [-0.1, -0.05) is 19.8 Å². The summed E-state index contributed by atoms with van der Waals surface area (Å²) in [6.45, 7) is 4.87. The predicted molar refractivity (Wildman–Crippen MR) is 67.9 cm³/mol. The summed E-state index contributed by atoms with van der Waals surface area (Å²) in [5, 5.41) is 3.16. The van der Waals surface area contributed by atoms with Crippen LogP contribution in [0, 0.1) is 5.92 Å². The highest BCUT2D eigenvalue weighted by atomic mass is 32.2. The van der Waals surface area contributed by atoms with E-state index in [-0.39, 0.29) is 6.04 Å². The van der Waals surface area contributed by atoms with E-state index in [0.29, 0.717) is 19.0 Å². The van der Waals surface area contributed by atoms with Crippen LogP contribution in [0.15, 0.2) is 0 Å². The van der Waals surface area contributed by atoms with Gasteiger partial charge in [-0.15, -0.1) is 0 Å². The van der Waals surface area contributed by atoms with Gasteiger partial charge < -0.3 is 5.32 Å². The molecule has 2 unspecified atom stereocenters. The Morgan fingerprint density at radius 3 is 2.59 bits per heavy atom. The Bertz CT molecular complexity index is 339. The van der Waals surface area contributed by atoms with Crippen LogP contribution in [0.25, 0.3) is 0 Å². The van der Waals surface area contributed by atoms with Crippen molar-refractivity contribution in [3.63, 3.8) is 0 Å². The number of rotatable bonds is 3. The van der Waals surface area contributed by atoms with Crippen LogP contribution < -0.4 is 10.0 Å². The van der Waals surface area contributed by atoms with E-state index < -0.39 is 10.2 Å². The molecular formula is C11H23N3O2S. The van der Waals surface area contributed by atoms with Gasteiger partial charge in [0.2, 0.25) is 0 Å². The van der Waals surface area contributed by atoms with Gasteiger partial charge in [0.1, 0.15) is 0 Å². The molecule has 1 aliphatic carbocycles. The van der Waals surface area contributed by atoms with Gasteiger partial charge in [0.05, 0.1) is 0 Å². The Morgan fingerprint density at radius 1 is 1.24 bits per heavy atom. The fourth-order valence-electron chi connectivity index (χ4n) is 2.71. The summed E-state index contributed by atoms with van der Waals surface area (Å²) in [4.78, 5) is 0. The molecule has 2 atom stereocenters. The maximum Gasteiger partial charge on any atom is 0.279 e. The third-order valence-electron chi connectivity index (χ3n) is 3.67. The first-order chi connectivity index (χ1) is 8.08. The molecule has 2 aliphatic rings. The molecule has 0 radical (unpaired) electrons. The summed E-state index contributed by atoms with van der Waals surface area (Å²) in [5.74, 6) is 0.638. The first-order valence-electron chi connectivity index (χ1n) is 6.56. The molecule has 2 rings (SSSR count). The molecule has 1 aliphatic heterocycles. The number of hydrogen-bond acceptors (Lipinski definition) is 3. The topological polar surface area (TPSA) is 61.4 Å². The fraction of sp³-hybridized carbons (Fsp3) is 1.00. The van der Waals surface area contributed by atoms with Crippen molar-refractivity contribution in [3.05, 3.63) is 0 Å². The summed E-state index contributed by atoms with van der Waals surface area (Å²) >= 11 is 0. The number of nitrogens with zero attached hydrogens (tertiary/aromatic N) is 1. The zero-order valence-corrected chi connectivity index (χ0v) is 11.3. The molecular weight excluding hydrogens is 238 g/mol. The van der Waals surface area contributed by atoms with Crippen molar-refractivity contribution in [2.45, 2.75) is 38.6 Å². The van der Waals surface area contributed by atoms with Crippen LogP contribution in [0.1, 0.15) is 32.6 Å². The Kier molecular flexibility index (Phi) is 4.41. The third-order valence-corrected chi connectivity index (χ3v) is 5.34. The van der Waals surface area contributed by atoms with E-state index in [0.717, 1.165) is 32.4 Å². The highest BCUT2D eigenvalue weighted by Gasteiger charge is 2.28. The summed E-state index contributed by atoms with van der Waals surface area (Å²) in [7, 11) is -3.26. The Balaban J connectivity index is 1.91. The minimum absolute atomic E-state index is 0.138. The maximum atomic E-state index is 12.1. The van der Waals surface area contributed by atoms with Crippen LogP contribution in [0.3, 0.4) is 0 Å². The number of nitrogens with one attached hydrogen (secondary N) is 2. The molecule has 1 heterocycles. The van der Waals surface area contributed by atoms with Crippen molar-refractivity contribution in [1.82, 2.24) is 14.3 Å². The van der Waals surface area contributed by atoms with E-state index in [4.69, 9.17) is 0 Å². The van der Waals surface area contributed by atoms with Gasteiger partial charge in [-0.25, -0.2) is 0 Å². The average Bonchev–Trinajstić information content (AvgIpc) is 2.29. The minimum atomic E-state index is -3.26. The van der Waals surface area contributed by atoms with Crippen molar-refractivity contribution in [2.75, 3.05) is 26.2 Å². The van der Waals surface area contributed by atoms with Gasteiger partial charge in [-0.2, -0.15) is 17.4 Å². The number of hydrogen-bond donors (Lipinski definition) is 2. The van der Waals surface area contributed by atoms with Crippen molar-refractivity contribution in [2.24, 2.45) is 5.92 Å². The molecule has 2 N–H and O–H groups in total. The summed E-state index contributed by atoms with van der Waals surface area (Å²) in [6.07, 6.45) is 4.32. The minimum Gasteiger partial charge on any atom is -0.314 e. The molecule has 0 aromatic rings. The molecule has 0 aromatic heterocycles. The second kappa shape index (κ2) is 5.65.